The van der Waals surface area contributed by atoms with E-state index in [0.29, 0.717) is 6.61 Å². The Morgan fingerprint density at radius 3 is 2.32 bits per heavy atom. The Hall–Kier alpha value is -0.810. The molecule has 0 aromatic carbocycles. The zero-order chi connectivity index (χ0) is 18.8. The Morgan fingerprint density at radius 2 is 1.88 bits per heavy atom. The fraction of sp³-hybridized carbons (Fsp3) is 0.938. The van der Waals surface area contributed by atoms with Gasteiger partial charge in [0.2, 0.25) is 0 Å². The van der Waals surface area contributed by atoms with Gasteiger partial charge in [-0.25, -0.2) is 4.79 Å². The number of nitrogens with two attached hydrogens (primary N) is 1. The molecule has 6 unspecified atom stereocenters. The van der Waals surface area contributed by atoms with Crippen LogP contribution in [-0.2, 0) is 38.0 Å². The van der Waals surface area contributed by atoms with Gasteiger partial charge in [-0.15, -0.1) is 0 Å². The van der Waals surface area contributed by atoms with E-state index < -0.39 is 48.0 Å². The van der Waals surface area contributed by atoms with Crippen molar-refractivity contribution in [1.29, 1.82) is 0 Å². The number of carbonyl (C=O) groups excluding carboxylic acids is 1. The molecule has 0 spiro atoms. The number of esters is 1. The molecule has 2 fully saturated rings. The van der Waals surface area contributed by atoms with Gasteiger partial charge >= 0.3 is 5.97 Å². The molecule has 2 aliphatic heterocycles. The maximum atomic E-state index is 12.3. The summed E-state index contributed by atoms with van der Waals surface area (Å²) in [5, 5.41) is 0. The maximum Gasteiger partial charge on any atom is 0.366 e. The smallest absolute Gasteiger partial charge is 0.366 e. The van der Waals surface area contributed by atoms with Crippen LogP contribution in [-0.4, -0.2) is 83.0 Å². The predicted octanol–water partition coefficient (Wildman–Crippen LogP) is -0.200. The summed E-state index contributed by atoms with van der Waals surface area (Å²) >= 11 is 0. The lowest BCUT2D eigenvalue weighted by molar-refractivity contribution is -0.307. The van der Waals surface area contributed by atoms with Gasteiger partial charge in [0.15, 0.2) is 5.79 Å². The predicted molar refractivity (Wildman–Crippen MR) is 85.7 cm³/mol. The number of carbonyl (C=O) groups is 1. The number of ether oxygens (including phenoxy) is 7. The molecule has 0 radical (unpaired) electrons. The highest BCUT2D eigenvalue weighted by Crippen LogP contribution is 2.36. The highest BCUT2D eigenvalue weighted by molar-refractivity contribution is 5.78. The molecule has 9 nitrogen and oxygen atoms in total. The summed E-state index contributed by atoms with van der Waals surface area (Å²) in [6.07, 6.45) is -2.13. The molecule has 0 aromatic rings. The van der Waals surface area contributed by atoms with Crippen molar-refractivity contribution in [3.63, 3.8) is 0 Å². The van der Waals surface area contributed by atoms with E-state index in [1.807, 2.05) is 13.8 Å². The van der Waals surface area contributed by atoms with Crippen LogP contribution in [0.15, 0.2) is 0 Å². The second-order valence-corrected chi connectivity index (χ2v) is 6.65. The molecule has 2 saturated heterocycles. The Bertz CT molecular complexity index is 473. The minimum atomic E-state index is -1.62. The van der Waals surface area contributed by atoms with Gasteiger partial charge in [-0.05, 0) is 13.8 Å². The van der Waals surface area contributed by atoms with E-state index in [4.69, 9.17) is 38.9 Å². The van der Waals surface area contributed by atoms with E-state index in [9.17, 15) is 4.79 Å². The number of hydrogen-bond donors (Lipinski definition) is 1. The van der Waals surface area contributed by atoms with Gasteiger partial charge < -0.3 is 38.9 Å². The van der Waals surface area contributed by atoms with Crippen molar-refractivity contribution in [1.82, 2.24) is 0 Å². The third kappa shape index (κ3) is 3.97. The van der Waals surface area contributed by atoms with Gasteiger partial charge in [0.05, 0.1) is 25.9 Å². The monoisotopic (exact) mass is 363 g/mol. The van der Waals surface area contributed by atoms with Crippen LogP contribution in [0.4, 0.5) is 0 Å². The van der Waals surface area contributed by atoms with Crippen LogP contribution in [0.1, 0.15) is 20.3 Å². The quantitative estimate of drug-likeness (QED) is 0.642. The first kappa shape index (κ1) is 20.5. The van der Waals surface area contributed by atoms with E-state index >= 15 is 0 Å². The average Bonchev–Trinajstić information content (AvgIpc) is 2.96. The molecule has 0 saturated carbocycles. The van der Waals surface area contributed by atoms with Crippen molar-refractivity contribution in [2.75, 3.05) is 35.0 Å². The van der Waals surface area contributed by atoms with Crippen molar-refractivity contribution in [2.45, 2.75) is 62.3 Å². The lowest BCUT2D eigenvalue weighted by Gasteiger charge is -2.47. The van der Waals surface area contributed by atoms with Crippen LogP contribution in [0, 0.1) is 0 Å². The Balaban J connectivity index is 2.30. The SMILES string of the molecule is COC(=O)C1(OC)CC(OC)C(N)C(C(OC)C2COC(C)(C)O2)O1. The zero-order valence-corrected chi connectivity index (χ0v) is 15.6. The summed E-state index contributed by atoms with van der Waals surface area (Å²) in [6, 6.07) is -0.560. The van der Waals surface area contributed by atoms with Crippen molar-refractivity contribution >= 4 is 5.97 Å². The first-order valence-corrected chi connectivity index (χ1v) is 8.18. The molecule has 9 heteroatoms. The summed E-state index contributed by atoms with van der Waals surface area (Å²) in [5.41, 5.74) is 6.33. The average molecular weight is 363 g/mol. The third-order valence-corrected chi connectivity index (χ3v) is 4.73. The van der Waals surface area contributed by atoms with Gasteiger partial charge in [-0.1, -0.05) is 0 Å². The standard InChI is InChI=1S/C16H29NO8/c1-15(2)23-8-10(24-15)12(20-4)13-11(17)9(19-3)7-16(22-6,25-13)14(18)21-5/h9-13H,7-8,17H2,1-6H3. The van der Waals surface area contributed by atoms with Crippen LogP contribution in [0.2, 0.25) is 0 Å². The van der Waals surface area contributed by atoms with E-state index in [2.05, 4.69) is 0 Å². The minimum absolute atomic E-state index is 0.105. The van der Waals surface area contributed by atoms with Gasteiger partial charge in [0.25, 0.3) is 5.79 Å². The lowest BCUT2D eigenvalue weighted by atomic mass is 9.89. The first-order valence-electron chi connectivity index (χ1n) is 8.18. The van der Waals surface area contributed by atoms with Gasteiger partial charge in [0, 0.05) is 27.8 Å². The van der Waals surface area contributed by atoms with Crippen LogP contribution >= 0.6 is 0 Å². The molecule has 2 N–H and O–H groups in total. The van der Waals surface area contributed by atoms with Crippen LogP contribution < -0.4 is 5.73 Å². The van der Waals surface area contributed by atoms with E-state index in [-0.39, 0.29) is 6.42 Å². The second kappa shape index (κ2) is 7.83. The number of hydrogen-bond acceptors (Lipinski definition) is 9. The van der Waals surface area contributed by atoms with Crippen LogP contribution in [0.3, 0.4) is 0 Å². The van der Waals surface area contributed by atoms with Crippen molar-refractivity contribution < 1.29 is 38.0 Å². The second-order valence-electron chi connectivity index (χ2n) is 6.65. The molecule has 2 rings (SSSR count). The summed E-state index contributed by atoms with van der Waals surface area (Å²) in [4.78, 5) is 12.3. The fourth-order valence-corrected chi connectivity index (χ4v) is 3.36. The summed E-state index contributed by atoms with van der Waals surface area (Å²) in [7, 11) is 5.68. The van der Waals surface area contributed by atoms with Crippen molar-refractivity contribution in [2.24, 2.45) is 5.73 Å². The van der Waals surface area contributed by atoms with E-state index in [0.717, 1.165) is 0 Å². The topological polar surface area (TPSA) is 108 Å². The molecule has 0 bridgehead atoms. The maximum absolute atomic E-state index is 12.3. The van der Waals surface area contributed by atoms with E-state index in [1.54, 1.807) is 0 Å². The summed E-state index contributed by atoms with van der Waals surface area (Å²) < 4.78 is 38.8. The third-order valence-electron chi connectivity index (χ3n) is 4.73. The van der Waals surface area contributed by atoms with E-state index in [1.165, 1.54) is 28.4 Å². The van der Waals surface area contributed by atoms with Gasteiger partial charge in [-0.3, -0.25) is 0 Å². The van der Waals surface area contributed by atoms with Gasteiger partial charge in [0.1, 0.15) is 18.3 Å². The molecule has 0 aromatic heterocycles. The normalized spacial score (nSPS) is 39.2. The van der Waals surface area contributed by atoms with Crippen molar-refractivity contribution in [3.05, 3.63) is 0 Å². The summed E-state index contributed by atoms with van der Waals surface area (Å²) in [6.45, 7) is 3.94. The first-order chi connectivity index (χ1) is 11.7. The lowest BCUT2D eigenvalue weighted by Crippen LogP contribution is -2.67. The van der Waals surface area contributed by atoms with Crippen molar-refractivity contribution in [3.8, 4) is 0 Å². The molecule has 2 heterocycles. The van der Waals surface area contributed by atoms with Crippen LogP contribution in [0.5, 0.6) is 0 Å². The molecule has 25 heavy (non-hydrogen) atoms. The minimum Gasteiger partial charge on any atom is -0.465 e. The van der Waals surface area contributed by atoms with Gasteiger partial charge in [-0.2, -0.15) is 0 Å². The number of methoxy groups -OCH3 is 4. The molecule has 2 aliphatic rings. The summed E-state index contributed by atoms with van der Waals surface area (Å²) in [5.74, 6) is -3.02. The molecule has 0 aliphatic carbocycles. The molecule has 6 atom stereocenters. The highest BCUT2D eigenvalue weighted by Gasteiger charge is 2.56. The largest absolute Gasteiger partial charge is 0.465 e. The Labute approximate surface area is 147 Å². The molecule has 146 valence electrons. The Morgan fingerprint density at radius 1 is 1.20 bits per heavy atom. The number of rotatable bonds is 6. The Kier molecular flexibility index (Phi) is 6.42. The molecule has 0 amide bonds. The highest BCUT2D eigenvalue weighted by atomic mass is 16.8. The fourth-order valence-electron chi connectivity index (χ4n) is 3.36. The molecular weight excluding hydrogens is 334 g/mol. The zero-order valence-electron chi connectivity index (χ0n) is 15.6. The van der Waals surface area contributed by atoms with Crippen LogP contribution in [0.25, 0.3) is 0 Å². The molecular formula is C16H29NO8.